The van der Waals surface area contributed by atoms with E-state index in [1.807, 2.05) is 18.2 Å². The summed E-state index contributed by atoms with van der Waals surface area (Å²) in [5, 5.41) is 3.58. The highest BCUT2D eigenvalue weighted by Gasteiger charge is 2.23. The van der Waals surface area contributed by atoms with E-state index >= 15 is 0 Å². The zero-order valence-corrected chi connectivity index (χ0v) is 27.2. The molecule has 0 saturated heterocycles. The summed E-state index contributed by atoms with van der Waals surface area (Å²) in [7, 11) is 1.55. The van der Waals surface area contributed by atoms with Gasteiger partial charge in [0.2, 0.25) is 0 Å². The number of nitrogens with two attached hydrogens (primary N) is 1. The van der Waals surface area contributed by atoms with Gasteiger partial charge in [-0.25, -0.2) is 0 Å². The normalized spacial score (nSPS) is 13.2. The molecular weight excluding hydrogens is 673 g/mol. The van der Waals surface area contributed by atoms with Crippen LogP contribution in [0.2, 0.25) is 0 Å². The van der Waals surface area contributed by atoms with Crippen molar-refractivity contribution in [1.29, 1.82) is 0 Å². The first-order valence-electron chi connectivity index (χ1n) is 13.8. The predicted octanol–water partition coefficient (Wildman–Crippen LogP) is 7.48. The van der Waals surface area contributed by atoms with Crippen LogP contribution >= 0.6 is 40.7 Å². The summed E-state index contributed by atoms with van der Waals surface area (Å²) in [6.45, 7) is 0.204. The Bertz CT molecular complexity index is 1550. The van der Waals surface area contributed by atoms with Gasteiger partial charge in [-0.15, -0.1) is 24.8 Å². The third-order valence-corrected chi connectivity index (χ3v) is 7.57. The number of pyridine rings is 1. The Kier molecular flexibility index (Phi) is 13.1. The lowest BCUT2D eigenvalue weighted by atomic mass is 10.1. The summed E-state index contributed by atoms with van der Waals surface area (Å²) in [4.78, 5) is 29.3. The Labute approximate surface area is 276 Å². The molecule has 4 aromatic rings. The SMILES string of the molecule is COc1cc2c(Oc3ccc(NC(=O)c4ccccc4)cc3)c(Br)cnc2cc1OCCC(N)C(=O)OC1CCCC1.Cl.Cl. The number of methoxy groups -OCH3 is 1. The smallest absolute Gasteiger partial charge is 0.323 e. The second-order valence-electron chi connectivity index (χ2n) is 9.99. The minimum atomic E-state index is -0.760. The zero-order valence-electron chi connectivity index (χ0n) is 24.0. The van der Waals surface area contributed by atoms with Crippen molar-refractivity contribution in [2.45, 2.75) is 44.2 Å². The maximum atomic E-state index is 12.5. The summed E-state index contributed by atoms with van der Waals surface area (Å²) in [6, 6.07) is 18.9. The molecule has 1 aliphatic carbocycles. The zero-order chi connectivity index (χ0) is 29.5. The highest BCUT2D eigenvalue weighted by atomic mass is 79.9. The number of amides is 1. The van der Waals surface area contributed by atoms with E-state index in [9.17, 15) is 9.59 Å². The molecule has 0 spiro atoms. The number of carbonyl (C=O) groups is 2. The van der Waals surface area contributed by atoms with Gasteiger partial charge in [0.05, 0.1) is 23.7 Å². The molecule has 9 nitrogen and oxygen atoms in total. The number of nitrogens with one attached hydrogen (secondary N) is 1. The Morgan fingerprint density at radius 1 is 1.02 bits per heavy atom. The lowest BCUT2D eigenvalue weighted by Gasteiger charge is -2.17. The van der Waals surface area contributed by atoms with Crippen molar-refractivity contribution in [2.75, 3.05) is 19.0 Å². The van der Waals surface area contributed by atoms with Crippen molar-refractivity contribution in [1.82, 2.24) is 4.98 Å². The maximum absolute atomic E-state index is 12.5. The van der Waals surface area contributed by atoms with E-state index in [1.54, 1.807) is 61.8 Å². The van der Waals surface area contributed by atoms with Gasteiger partial charge in [-0.2, -0.15) is 0 Å². The van der Waals surface area contributed by atoms with Crippen molar-refractivity contribution < 1.29 is 28.5 Å². The third-order valence-electron chi connectivity index (χ3n) is 7.00. The average molecular weight is 707 g/mol. The number of anilines is 1. The van der Waals surface area contributed by atoms with Gasteiger partial charge in [-0.3, -0.25) is 14.6 Å². The highest BCUT2D eigenvalue weighted by Crippen LogP contribution is 2.41. The molecule has 12 heteroatoms. The minimum Gasteiger partial charge on any atom is -0.493 e. The van der Waals surface area contributed by atoms with E-state index < -0.39 is 12.0 Å². The molecule has 1 unspecified atom stereocenters. The van der Waals surface area contributed by atoms with E-state index in [0.29, 0.717) is 56.0 Å². The van der Waals surface area contributed by atoms with Crippen LogP contribution < -0.4 is 25.3 Å². The number of carbonyl (C=O) groups excluding carboxylic acids is 2. The summed E-state index contributed by atoms with van der Waals surface area (Å²) in [6.07, 6.45) is 5.89. The van der Waals surface area contributed by atoms with Gasteiger partial charge in [-0.1, -0.05) is 18.2 Å². The van der Waals surface area contributed by atoms with Gasteiger partial charge >= 0.3 is 5.97 Å². The maximum Gasteiger partial charge on any atom is 0.323 e. The van der Waals surface area contributed by atoms with Gasteiger partial charge in [0.25, 0.3) is 5.91 Å². The molecule has 1 heterocycles. The van der Waals surface area contributed by atoms with Crippen LogP contribution in [-0.2, 0) is 9.53 Å². The van der Waals surface area contributed by atoms with Crippen LogP contribution in [0.4, 0.5) is 5.69 Å². The van der Waals surface area contributed by atoms with E-state index in [4.69, 9.17) is 24.7 Å². The first kappa shape index (κ1) is 34.9. The van der Waals surface area contributed by atoms with Crippen molar-refractivity contribution in [3.05, 3.63) is 83.0 Å². The first-order valence-corrected chi connectivity index (χ1v) is 14.6. The molecule has 1 aliphatic rings. The fourth-order valence-electron chi connectivity index (χ4n) is 4.72. The van der Waals surface area contributed by atoms with Crippen LogP contribution in [0.15, 0.2) is 77.4 Å². The standard InChI is InChI=1S/C32H32BrN3O6.2ClH/c1-39-28-17-24-27(18-29(28)40-16-15-26(34)32(38)42-22-9-5-6-10-22)35-19-25(33)30(24)41-23-13-11-21(12-14-23)36-31(37)20-7-3-2-4-8-20;;/h2-4,7-8,11-14,17-19,22,26H,5-6,9-10,15-16,34H2,1H3,(H,36,37);2*1H. The second-order valence-corrected chi connectivity index (χ2v) is 10.8. The van der Waals surface area contributed by atoms with Crippen LogP contribution in [0.5, 0.6) is 23.0 Å². The molecule has 1 fully saturated rings. The monoisotopic (exact) mass is 705 g/mol. The number of aromatic nitrogens is 1. The fraction of sp³-hybridized carbons (Fsp3) is 0.281. The molecule has 0 radical (unpaired) electrons. The van der Waals surface area contributed by atoms with E-state index in [0.717, 1.165) is 25.7 Å². The Hall–Kier alpha value is -3.57. The number of halogens is 3. The lowest BCUT2D eigenvalue weighted by molar-refractivity contribution is -0.150. The topological polar surface area (TPSA) is 122 Å². The number of hydrogen-bond donors (Lipinski definition) is 2. The van der Waals surface area contributed by atoms with Crippen molar-refractivity contribution >= 4 is 69.2 Å². The summed E-state index contributed by atoms with van der Waals surface area (Å²) in [5.74, 6) is 1.48. The number of rotatable bonds is 11. The number of ether oxygens (including phenoxy) is 4. The Balaban J connectivity index is 0.00000264. The summed E-state index contributed by atoms with van der Waals surface area (Å²) in [5.41, 5.74) is 7.89. The van der Waals surface area contributed by atoms with Gasteiger partial charge in [0.1, 0.15) is 17.9 Å². The van der Waals surface area contributed by atoms with Crippen molar-refractivity contribution in [2.24, 2.45) is 5.73 Å². The number of fused-ring (bicyclic) bond motifs is 1. The summed E-state index contributed by atoms with van der Waals surface area (Å²) < 4.78 is 23.9. The van der Waals surface area contributed by atoms with E-state index in [-0.39, 0.29) is 43.4 Å². The van der Waals surface area contributed by atoms with Crippen LogP contribution in [0.25, 0.3) is 10.9 Å². The molecule has 3 N–H and O–H groups in total. The Morgan fingerprint density at radius 2 is 1.73 bits per heavy atom. The highest BCUT2D eigenvalue weighted by molar-refractivity contribution is 9.10. The molecule has 1 aromatic heterocycles. The molecule has 0 aliphatic heterocycles. The van der Waals surface area contributed by atoms with E-state index in [2.05, 4.69) is 26.2 Å². The Morgan fingerprint density at radius 3 is 2.41 bits per heavy atom. The van der Waals surface area contributed by atoms with Crippen LogP contribution in [-0.4, -0.2) is 42.7 Å². The second kappa shape index (κ2) is 16.5. The molecular formula is C32H34BrCl2N3O6. The third kappa shape index (κ3) is 8.75. The quantitative estimate of drug-likeness (QED) is 0.154. The van der Waals surface area contributed by atoms with Crippen molar-refractivity contribution in [3.63, 3.8) is 0 Å². The van der Waals surface area contributed by atoms with Gasteiger partial charge in [0, 0.05) is 35.3 Å². The number of benzene rings is 3. The van der Waals surface area contributed by atoms with Gasteiger partial charge < -0.3 is 30.0 Å². The molecule has 5 rings (SSSR count). The van der Waals surface area contributed by atoms with E-state index in [1.165, 1.54) is 0 Å². The average Bonchev–Trinajstić information content (AvgIpc) is 3.52. The number of esters is 1. The molecule has 234 valence electrons. The molecule has 0 bridgehead atoms. The lowest BCUT2D eigenvalue weighted by Crippen LogP contribution is -2.35. The molecule has 1 amide bonds. The number of nitrogens with zero attached hydrogens (tertiary/aromatic N) is 1. The predicted molar refractivity (Wildman–Crippen MR) is 178 cm³/mol. The minimum absolute atomic E-state index is 0. The first-order chi connectivity index (χ1) is 20.4. The molecule has 3 aromatic carbocycles. The van der Waals surface area contributed by atoms with Gasteiger partial charge in [-0.05, 0) is 84.1 Å². The number of hydrogen-bond acceptors (Lipinski definition) is 8. The van der Waals surface area contributed by atoms with Crippen LogP contribution in [0, 0.1) is 0 Å². The van der Waals surface area contributed by atoms with Gasteiger partial charge in [0.15, 0.2) is 17.2 Å². The summed E-state index contributed by atoms with van der Waals surface area (Å²) >= 11 is 3.54. The molecule has 1 saturated carbocycles. The van der Waals surface area contributed by atoms with Crippen LogP contribution in [0.1, 0.15) is 42.5 Å². The van der Waals surface area contributed by atoms with Crippen molar-refractivity contribution in [3.8, 4) is 23.0 Å². The largest absolute Gasteiger partial charge is 0.493 e. The molecule has 1 atom stereocenters. The van der Waals surface area contributed by atoms with Crippen LogP contribution in [0.3, 0.4) is 0 Å². The fourth-order valence-corrected chi connectivity index (χ4v) is 5.11. The molecule has 44 heavy (non-hydrogen) atoms.